The number of nitrogens with zero attached hydrogens (tertiary/aromatic N) is 1. The standard InChI is InChI=1S/C22H18N.C13H24O2.Ir/c1-14-10-15(2)12-18(11-14)22-21-17(8-9-23-22)13-16(3)19-6-4-5-7-20(19)21;1-7-12(3,4)10(14)9-11(15)13(5,6)8-2;/h4-11,13H,1-3H3;9,14H,7-8H2,1-6H3;/q-1;;/b;10-9-;. The number of carbonyl (C=O) groups excluding carboxylic acids is 1. The molecule has 0 amide bonds. The van der Waals surface area contributed by atoms with Crippen molar-refractivity contribution in [2.45, 2.75) is 75.2 Å². The molecule has 0 spiro atoms. The zero-order valence-corrected chi connectivity index (χ0v) is 27.2. The summed E-state index contributed by atoms with van der Waals surface area (Å²) < 4.78 is 0. The molecule has 4 rings (SSSR count). The molecule has 209 valence electrons. The smallest absolute Gasteiger partial charge is 0.164 e. The van der Waals surface area contributed by atoms with Gasteiger partial charge in [0.1, 0.15) is 5.76 Å². The van der Waals surface area contributed by atoms with Crippen LogP contribution in [0.2, 0.25) is 0 Å². The fraction of sp³-hybridized carbons (Fsp3) is 0.371. The molecule has 1 aromatic heterocycles. The Morgan fingerprint density at radius 1 is 0.923 bits per heavy atom. The molecular formula is C35H42IrNO2-. The molecule has 3 aromatic carbocycles. The van der Waals surface area contributed by atoms with E-state index < -0.39 is 0 Å². The van der Waals surface area contributed by atoms with Gasteiger partial charge in [-0.3, -0.25) is 4.79 Å². The number of hydrogen-bond donors (Lipinski definition) is 1. The average Bonchev–Trinajstić information content (AvgIpc) is 2.88. The van der Waals surface area contributed by atoms with E-state index in [0.29, 0.717) is 0 Å². The first-order valence-corrected chi connectivity index (χ1v) is 13.5. The number of carbonyl (C=O) groups is 1. The van der Waals surface area contributed by atoms with E-state index in [4.69, 9.17) is 4.98 Å². The first-order chi connectivity index (χ1) is 17.8. The number of ketones is 1. The second-order valence-electron chi connectivity index (χ2n) is 11.6. The van der Waals surface area contributed by atoms with Crippen LogP contribution in [0.4, 0.5) is 0 Å². The van der Waals surface area contributed by atoms with Crippen LogP contribution in [-0.2, 0) is 24.9 Å². The summed E-state index contributed by atoms with van der Waals surface area (Å²) in [6.07, 6.45) is 4.89. The van der Waals surface area contributed by atoms with Gasteiger partial charge in [-0.1, -0.05) is 85.7 Å². The molecule has 0 atom stereocenters. The number of allylic oxidation sites excluding steroid dienone is 2. The van der Waals surface area contributed by atoms with Gasteiger partial charge in [0.15, 0.2) is 5.78 Å². The second-order valence-corrected chi connectivity index (χ2v) is 11.6. The molecule has 0 aliphatic carbocycles. The van der Waals surface area contributed by atoms with Gasteiger partial charge < -0.3 is 10.1 Å². The third-order valence-electron chi connectivity index (χ3n) is 7.78. The van der Waals surface area contributed by atoms with E-state index in [1.54, 1.807) is 0 Å². The SMILES string of the molecule is CCC(C)(C)C(=O)/C=C(\O)C(C)(C)CC.Cc1[c-]c(-c2nccc3cc(C)c4ccccc4c23)cc(C)c1.[Ir]. The number of rotatable bonds is 6. The number of benzene rings is 3. The Balaban J connectivity index is 0.000000294. The maximum absolute atomic E-state index is 11.8. The molecule has 1 heterocycles. The molecule has 3 nitrogen and oxygen atoms in total. The average molecular weight is 701 g/mol. The topological polar surface area (TPSA) is 50.2 Å². The fourth-order valence-corrected chi connectivity index (χ4v) is 4.33. The fourth-order valence-electron chi connectivity index (χ4n) is 4.33. The van der Waals surface area contributed by atoms with E-state index in [9.17, 15) is 9.90 Å². The van der Waals surface area contributed by atoms with Crippen molar-refractivity contribution in [3.05, 3.63) is 89.3 Å². The van der Waals surface area contributed by atoms with Gasteiger partial charge in [-0.15, -0.1) is 34.9 Å². The van der Waals surface area contributed by atoms with Crippen LogP contribution in [0, 0.1) is 37.7 Å². The largest absolute Gasteiger partial charge is 0.512 e. The predicted octanol–water partition coefficient (Wildman–Crippen LogP) is 9.65. The zero-order valence-electron chi connectivity index (χ0n) is 24.8. The van der Waals surface area contributed by atoms with Gasteiger partial charge in [0.25, 0.3) is 0 Å². The maximum atomic E-state index is 11.8. The van der Waals surface area contributed by atoms with E-state index in [-0.39, 0.29) is 42.5 Å². The van der Waals surface area contributed by atoms with E-state index in [1.165, 1.54) is 38.7 Å². The van der Waals surface area contributed by atoms with Gasteiger partial charge in [0.05, 0.1) is 0 Å². The third kappa shape index (κ3) is 7.44. The number of aliphatic hydroxyl groups is 1. The maximum Gasteiger partial charge on any atom is 0.164 e. The van der Waals surface area contributed by atoms with Crippen LogP contribution in [0.5, 0.6) is 0 Å². The number of aromatic nitrogens is 1. The van der Waals surface area contributed by atoms with Crippen molar-refractivity contribution in [1.29, 1.82) is 0 Å². The Kier molecular flexibility index (Phi) is 10.8. The molecule has 4 heteroatoms. The molecule has 0 aliphatic heterocycles. The second kappa shape index (κ2) is 13.0. The summed E-state index contributed by atoms with van der Waals surface area (Å²) in [6, 6.07) is 20.7. The normalized spacial score (nSPS) is 12.1. The zero-order chi connectivity index (χ0) is 28.3. The molecule has 4 aromatic rings. The van der Waals surface area contributed by atoms with Crippen molar-refractivity contribution >= 4 is 27.3 Å². The van der Waals surface area contributed by atoms with Gasteiger partial charge in [-0.05, 0) is 58.6 Å². The summed E-state index contributed by atoms with van der Waals surface area (Å²) in [4.78, 5) is 16.5. The number of aryl methyl sites for hydroxylation is 3. The minimum Gasteiger partial charge on any atom is -0.512 e. The van der Waals surface area contributed by atoms with Crippen LogP contribution >= 0.6 is 0 Å². The first kappa shape index (κ1) is 32.4. The quantitative estimate of drug-likeness (QED) is 0.0944. The van der Waals surface area contributed by atoms with Gasteiger partial charge in [0, 0.05) is 43.2 Å². The summed E-state index contributed by atoms with van der Waals surface area (Å²) in [5.74, 6) is 0.195. The molecule has 0 fully saturated rings. The van der Waals surface area contributed by atoms with Crippen molar-refractivity contribution in [3.8, 4) is 11.3 Å². The van der Waals surface area contributed by atoms with Gasteiger partial charge in [-0.25, -0.2) is 0 Å². The van der Waals surface area contributed by atoms with Crippen LogP contribution in [0.25, 0.3) is 32.8 Å². The Bertz CT molecular complexity index is 1480. The number of fused-ring (bicyclic) bond motifs is 3. The Morgan fingerprint density at radius 2 is 1.54 bits per heavy atom. The van der Waals surface area contributed by atoms with Crippen LogP contribution in [0.15, 0.2) is 66.6 Å². The Hall–Kier alpha value is -2.81. The molecule has 0 aliphatic rings. The van der Waals surface area contributed by atoms with Crippen LogP contribution in [0.3, 0.4) is 0 Å². The number of pyridine rings is 1. The molecular weight excluding hydrogens is 659 g/mol. The molecule has 0 saturated heterocycles. The van der Waals surface area contributed by atoms with Gasteiger partial charge in [-0.2, -0.15) is 0 Å². The summed E-state index contributed by atoms with van der Waals surface area (Å²) in [5, 5.41) is 14.9. The molecule has 1 N–H and O–H groups in total. The first-order valence-electron chi connectivity index (χ1n) is 13.5. The van der Waals surface area contributed by atoms with Crippen molar-refractivity contribution in [2.75, 3.05) is 0 Å². The van der Waals surface area contributed by atoms with Crippen molar-refractivity contribution in [3.63, 3.8) is 0 Å². The van der Waals surface area contributed by atoms with Crippen LogP contribution in [0.1, 0.15) is 71.1 Å². The molecule has 1 radical (unpaired) electrons. The van der Waals surface area contributed by atoms with E-state index in [1.807, 2.05) is 47.7 Å². The number of hydrogen-bond acceptors (Lipinski definition) is 3. The van der Waals surface area contributed by atoms with Crippen molar-refractivity contribution in [2.24, 2.45) is 10.8 Å². The summed E-state index contributed by atoms with van der Waals surface area (Å²) in [7, 11) is 0. The molecule has 0 saturated carbocycles. The van der Waals surface area contributed by atoms with Crippen molar-refractivity contribution < 1.29 is 30.0 Å². The van der Waals surface area contributed by atoms with Gasteiger partial charge >= 0.3 is 0 Å². The molecule has 0 bridgehead atoms. The predicted molar refractivity (Wildman–Crippen MR) is 162 cm³/mol. The summed E-state index contributed by atoms with van der Waals surface area (Å²) in [5.41, 5.74) is 5.10. The van der Waals surface area contributed by atoms with Crippen LogP contribution in [-0.4, -0.2) is 15.9 Å². The summed E-state index contributed by atoms with van der Waals surface area (Å²) >= 11 is 0. The van der Waals surface area contributed by atoms with Crippen molar-refractivity contribution in [1.82, 2.24) is 4.98 Å². The Labute approximate surface area is 248 Å². The monoisotopic (exact) mass is 701 g/mol. The van der Waals surface area contributed by atoms with E-state index in [2.05, 4.69) is 75.4 Å². The Morgan fingerprint density at radius 3 is 2.13 bits per heavy atom. The summed E-state index contributed by atoms with van der Waals surface area (Å²) in [6.45, 7) is 18.0. The molecule has 0 unspecified atom stereocenters. The number of aliphatic hydroxyl groups excluding tert-OH is 1. The minimum atomic E-state index is -0.377. The van der Waals surface area contributed by atoms with Gasteiger partial charge in [0.2, 0.25) is 0 Å². The van der Waals surface area contributed by atoms with E-state index >= 15 is 0 Å². The molecule has 39 heavy (non-hydrogen) atoms. The third-order valence-corrected chi connectivity index (χ3v) is 7.78. The minimum absolute atomic E-state index is 0. The van der Waals surface area contributed by atoms with Crippen LogP contribution < -0.4 is 0 Å². The van der Waals surface area contributed by atoms with E-state index in [0.717, 1.165) is 29.7 Å².